The molecule has 8 nitrogen and oxygen atoms in total. The normalized spacial score (nSPS) is 11.2. The lowest BCUT2D eigenvalue weighted by atomic mass is 10.2. The molecule has 0 aliphatic heterocycles. The minimum atomic E-state index is -0.375. The number of aryl methyl sites for hydroxylation is 2. The van der Waals surface area contributed by atoms with Gasteiger partial charge in [0.1, 0.15) is 5.75 Å². The molecule has 0 aliphatic rings. The van der Waals surface area contributed by atoms with Crippen LogP contribution in [0.2, 0.25) is 5.02 Å². The summed E-state index contributed by atoms with van der Waals surface area (Å²) in [4.78, 5) is 35.2. The van der Waals surface area contributed by atoms with Crippen molar-refractivity contribution in [3.05, 3.63) is 66.9 Å². The fourth-order valence-corrected chi connectivity index (χ4v) is 2.66. The molecule has 2 aromatic heterocycles. The summed E-state index contributed by atoms with van der Waals surface area (Å²) in [7, 11) is 1.53. The van der Waals surface area contributed by atoms with Gasteiger partial charge in [0.15, 0.2) is 0 Å². The van der Waals surface area contributed by atoms with Crippen LogP contribution >= 0.6 is 11.6 Å². The number of aromatic nitrogens is 4. The number of H-pyrrole nitrogens is 2. The van der Waals surface area contributed by atoms with E-state index in [1.807, 2.05) is 0 Å². The predicted molar refractivity (Wildman–Crippen MR) is 99.5 cm³/mol. The zero-order valence-electron chi connectivity index (χ0n) is 14.3. The Morgan fingerprint density at radius 1 is 1.27 bits per heavy atom. The molecule has 0 bridgehead atoms. The third-order valence-electron chi connectivity index (χ3n) is 3.66. The number of aromatic amines is 2. The third kappa shape index (κ3) is 3.45. The molecule has 2 heterocycles. The monoisotopic (exact) mass is 373 g/mol. The third-order valence-corrected chi connectivity index (χ3v) is 3.96. The van der Waals surface area contributed by atoms with Gasteiger partial charge in [-0.15, -0.1) is 0 Å². The Labute approximate surface area is 153 Å². The van der Waals surface area contributed by atoms with Crippen LogP contribution in [-0.2, 0) is 0 Å². The largest absolute Gasteiger partial charge is 0.495 e. The number of halogens is 1. The number of nitrogens with one attached hydrogen (secondary N) is 2. The van der Waals surface area contributed by atoms with E-state index in [1.54, 1.807) is 32.0 Å². The molecule has 0 radical (unpaired) electrons. The summed E-state index contributed by atoms with van der Waals surface area (Å²) in [5, 5.41) is 3.31. The van der Waals surface area contributed by atoms with E-state index < -0.39 is 0 Å². The molecular formula is C17H16ClN5O3. The van der Waals surface area contributed by atoms with Crippen LogP contribution in [-0.4, -0.2) is 33.1 Å². The van der Waals surface area contributed by atoms with Gasteiger partial charge >= 0.3 is 0 Å². The van der Waals surface area contributed by atoms with Crippen LogP contribution in [0.1, 0.15) is 17.0 Å². The Balaban J connectivity index is 1.99. The van der Waals surface area contributed by atoms with Gasteiger partial charge in [0.25, 0.3) is 11.1 Å². The molecule has 0 saturated carbocycles. The zero-order chi connectivity index (χ0) is 18.8. The highest BCUT2D eigenvalue weighted by Gasteiger charge is 2.13. The summed E-state index contributed by atoms with van der Waals surface area (Å²) in [5.41, 5.74) is 1.30. The summed E-state index contributed by atoms with van der Waals surface area (Å²) < 4.78 is 6.27. The topological polar surface area (TPSA) is 105 Å². The van der Waals surface area contributed by atoms with Crippen molar-refractivity contribution in [3.8, 4) is 11.7 Å². The first-order valence-corrected chi connectivity index (χ1v) is 8.04. The van der Waals surface area contributed by atoms with Crippen LogP contribution in [0.3, 0.4) is 0 Å². The van der Waals surface area contributed by atoms with Crippen molar-refractivity contribution in [2.75, 3.05) is 7.11 Å². The molecule has 0 unspecified atom stereocenters. The van der Waals surface area contributed by atoms with Crippen molar-refractivity contribution in [2.45, 2.75) is 13.8 Å². The van der Waals surface area contributed by atoms with Crippen LogP contribution < -0.4 is 15.9 Å². The van der Waals surface area contributed by atoms with Crippen molar-refractivity contribution in [1.82, 2.24) is 19.7 Å². The van der Waals surface area contributed by atoms with Crippen molar-refractivity contribution in [1.29, 1.82) is 0 Å². The zero-order valence-corrected chi connectivity index (χ0v) is 15.1. The van der Waals surface area contributed by atoms with Gasteiger partial charge in [0, 0.05) is 23.7 Å². The molecule has 3 rings (SSSR count). The second-order valence-corrected chi connectivity index (χ2v) is 5.99. The fourth-order valence-electron chi connectivity index (χ4n) is 2.40. The van der Waals surface area contributed by atoms with E-state index in [0.29, 0.717) is 33.4 Å². The molecule has 9 heteroatoms. The van der Waals surface area contributed by atoms with Gasteiger partial charge in [-0.3, -0.25) is 24.7 Å². The van der Waals surface area contributed by atoms with Gasteiger partial charge in [-0.25, -0.2) is 4.98 Å². The predicted octanol–water partition coefficient (Wildman–Crippen LogP) is 2.28. The first-order chi connectivity index (χ1) is 12.4. The lowest BCUT2D eigenvalue weighted by Crippen LogP contribution is -2.23. The molecule has 2 N–H and O–H groups in total. The number of benzene rings is 1. The average Bonchev–Trinajstić information content (AvgIpc) is 2.86. The smallest absolute Gasteiger partial charge is 0.282 e. The maximum Gasteiger partial charge on any atom is 0.282 e. The van der Waals surface area contributed by atoms with Gasteiger partial charge in [-0.2, -0.15) is 4.68 Å². The molecule has 1 aromatic carbocycles. The highest BCUT2D eigenvalue weighted by molar-refractivity contribution is 6.32. The highest BCUT2D eigenvalue weighted by atomic mass is 35.5. The first kappa shape index (κ1) is 17.7. The Morgan fingerprint density at radius 3 is 2.69 bits per heavy atom. The summed E-state index contributed by atoms with van der Waals surface area (Å²) in [6.45, 7) is 3.41. The summed E-state index contributed by atoms with van der Waals surface area (Å²) >= 11 is 6.07. The molecule has 3 aromatic rings. The summed E-state index contributed by atoms with van der Waals surface area (Å²) in [6.07, 6.45) is 1.44. The van der Waals surface area contributed by atoms with Crippen LogP contribution in [0.15, 0.2) is 38.8 Å². The number of hydrogen-bond donors (Lipinski definition) is 2. The van der Waals surface area contributed by atoms with Crippen molar-refractivity contribution in [3.63, 3.8) is 0 Å². The number of hydrogen-bond acceptors (Lipinski definition) is 5. The van der Waals surface area contributed by atoms with Crippen molar-refractivity contribution in [2.24, 2.45) is 4.99 Å². The second kappa shape index (κ2) is 7.01. The summed E-state index contributed by atoms with van der Waals surface area (Å²) in [5.74, 6) is 0.663. The Kier molecular flexibility index (Phi) is 4.77. The molecule has 134 valence electrons. The number of rotatable bonds is 4. The van der Waals surface area contributed by atoms with Crippen molar-refractivity contribution < 1.29 is 4.74 Å². The Morgan fingerprint density at radius 2 is 2.04 bits per heavy atom. The van der Waals surface area contributed by atoms with E-state index in [2.05, 4.69) is 20.1 Å². The molecule has 0 aliphatic carbocycles. The number of aliphatic imine (C=N–C) groups is 1. The molecule has 0 saturated heterocycles. The van der Waals surface area contributed by atoms with E-state index in [0.717, 1.165) is 0 Å². The highest BCUT2D eigenvalue weighted by Crippen LogP contribution is 2.28. The summed E-state index contributed by atoms with van der Waals surface area (Å²) in [6, 6.07) is 6.40. The molecule has 26 heavy (non-hydrogen) atoms. The van der Waals surface area contributed by atoms with E-state index in [1.165, 1.54) is 24.1 Å². The lowest BCUT2D eigenvalue weighted by molar-refractivity contribution is 0.415. The van der Waals surface area contributed by atoms with Gasteiger partial charge in [-0.1, -0.05) is 11.6 Å². The average molecular weight is 374 g/mol. The van der Waals surface area contributed by atoms with E-state index in [-0.39, 0.29) is 17.1 Å². The Bertz CT molecular complexity index is 1110. The quantitative estimate of drug-likeness (QED) is 0.684. The first-order valence-electron chi connectivity index (χ1n) is 7.66. The Hall–Kier alpha value is -3.13. The SMILES string of the molecule is COc1ccc(N=Cc2c(C)[nH]n(-c3nc(C)cc(=O)[nH]3)c2=O)cc1Cl. The van der Waals surface area contributed by atoms with Crippen LogP contribution in [0, 0.1) is 13.8 Å². The lowest BCUT2D eigenvalue weighted by Gasteiger charge is -2.02. The van der Waals surface area contributed by atoms with Crippen LogP contribution in [0.25, 0.3) is 5.95 Å². The van der Waals surface area contributed by atoms with Gasteiger partial charge in [-0.05, 0) is 32.0 Å². The minimum absolute atomic E-state index is 0.121. The van der Waals surface area contributed by atoms with Gasteiger partial charge in [0.2, 0.25) is 5.95 Å². The number of methoxy groups -OCH3 is 1. The molecule has 0 atom stereocenters. The van der Waals surface area contributed by atoms with Crippen LogP contribution in [0.5, 0.6) is 5.75 Å². The maximum atomic E-state index is 12.6. The standard InChI is InChI=1S/C17H16ClN5O3/c1-9-6-15(24)21-17(20-9)23-16(25)12(10(2)22-23)8-19-11-4-5-14(26-3)13(18)7-11/h4-8,22H,1-3H3,(H,20,21,24). The number of nitrogens with zero attached hydrogens (tertiary/aromatic N) is 3. The fraction of sp³-hybridized carbons (Fsp3) is 0.176. The maximum absolute atomic E-state index is 12.6. The van der Waals surface area contributed by atoms with Gasteiger partial charge in [0.05, 0.1) is 23.4 Å². The van der Waals surface area contributed by atoms with Crippen LogP contribution in [0.4, 0.5) is 5.69 Å². The molecule has 0 amide bonds. The van der Waals surface area contributed by atoms with E-state index >= 15 is 0 Å². The van der Waals surface area contributed by atoms with E-state index in [9.17, 15) is 9.59 Å². The van der Waals surface area contributed by atoms with Gasteiger partial charge < -0.3 is 4.74 Å². The number of ether oxygens (including phenoxy) is 1. The van der Waals surface area contributed by atoms with E-state index in [4.69, 9.17) is 16.3 Å². The molecular weight excluding hydrogens is 358 g/mol. The molecule has 0 fully saturated rings. The second-order valence-electron chi connectivity index (χ2n) is 5.58. The molecule has 0 spiro atoms. The minimum Gasteiger partial charge on any atom is -0.495 e. The van der Waals surface area contributed by atoms with Crippen molar-refractivity contribution >= 4 is 23.5 Å².